The number of rotatable bonds is 3. The minimum absolute atomic E-state index is 0.297. The lowest BCUT2D eigenvalue weighted by atomic mass is 9.69. The van der Waals surface area contributed by atoms with Gasteiger partial charge in [-0.3, -0.25) is 0 Å². The molecule has 1 nitrogen and oxygen atoms in total. The van der Waals surface area contributed by atoms with E-state index >= 15 is 0 Å². The molecule has 0 bridgehead atoms. The quantitative estimate of drug-likeness (QED) is 0.690. The molecular formula is C11H22O. The van der Waals surface area contributed by atoms with Crippen LogP contribution in [0.2, 0.25) is 0 Å². The van der Waals surface area contributed by atoms with Gasteiger partial charge in [-0.05, 0) is 43.4 Å². The predicted molar refractivity (Wildman–Crippen MR) is 52.1 cm³/mol. The van der Waals surface area contributed by atoms with Gasteiger partial charge in [0, 0.05) is 6.61 Å². The van der Waals surface area contributed by atoms with Crippen LogP contribution in [0.1, 0.15) is 52.4 Å². The molecule has 0 aliphatic heterocycles. The summed E-state index contributed by atoms with van der Waals surface area (Å²) in [5, 5.41) is 9.30. The van der Waals surface area contributed by atoms with Crippen molar-refractivity contribution in [2.45, 2.75) is 52.4 Å². The van der Waals surface area contributed by atoms with Crippen LogP contribution in [-0.4, -0.2) is 11.7 Å². The van der Waals surface area contributed by atoms with E-state index in [2.05, 4.69) is 13.8 Å². The summed E-state index contributed by atoms with van der Waals surface area (Å²) in [5.74, 6) is 0.941. The first-order valence-corrected chi connectivity index (χ1v) is 5.37. The Hall–Kier alpha value is -0.0400. The van der Waals surface area contributed by atoms with Gasteiger partial charge in [0.15, 0.2) is 0 Å². The van der Waals surface area contributed by atoms with Gasteiger partial charge < -0.3 is 5.11 Å². The van der Waals surface area contributed by atoms with Crippen LogP contribution in [0.3, 0.4) is 0 Å². The Morgan fingerprint density at radius 1 is 1.25 bits per heavy atom. The van der Waals surface area contributed by atoms with Gasteiger partial charge in [0.25, 0.3) is 0 Å². The summed E-state index contributed by atoms with van der Waals surface area (Å²) in [5.41, 5.74) is 0.297. The fourth-order valence-electron chi connectivity index (χ4n) is 2.32. The minimum atomic E-state index is 0.297. The molecule has 1 aliphatic rings. The van der Waals surface area contributed by atoms with Gasteiger partial charge in [-0.15, -0.1) is 0 Å². The van der Waals surface area contributed by atoms with Crippen LogP contribution in [0.5, 0.6) is 0 Å². The lowest BCUT2D eigenvalue weighted by Crippen LogP contribution is -2.30. The van der Waals surface area contributed by atoms with E-state index in [1.165, 1.54) is 32.1 Å². The Kier molecular flexibility index (Phi) is 3.57. The van der Waals surface area contributed by atoms with Crippen molar-refractivity contribution < 1.29 is 5.11 Å². The summed E-state index contributed by atoms with van der Waals surface area (Å²) in [6.07, 6.45) is 7.65. The molecule has 1 aliphatic carbocycles. The maximum Gasteiger partial charge on any atom is 0.0487 e. The van der Waals surface area contributed by atoms with Gasteiger partial charge in [-0.25, -0.2) is 0 Å². The SMILES string of the molecule is CC[C@H]1CC[C@](CC)(CO)CC1. The molecule has 12 heavy (non-hydrogen) atoms. The lowest BCUT2D eigenvalue weighted by molar-refractivity contribution is 0.0598. The molecule has 0 saturated heterocycles. The summed E-state index contributed by atoms with van der Waals surface area (Å²) in [6.45, 7) is 4.89. The Bertz CT molecular complexity index is 117. The highest BCUT2D eigenvalue weighted by Gasteiger charge is 2.32. The second kappa shape index (κ2) is 4.27. The topological polar surface area (TPSA) is 20.2 Å². The highest BCUT2D eigenvalue weighted by atomic mass is 16.3. The molecule has 1 rings (SSSR count). The molecule has 0 aromatic rings. The van der Waals surface area contributed by atoms with Crippen molar-refractivity contribution in [3.8, 4) is 0 Å². The third kappa shape index (κ3) is 2.01. The van der Waals surface area contributed by atoms with E-state index in [4.69, 9.17) is 0 Å². The van der Waals surface area contributed by atoms with E-state index in [-0.39, 0.29) is 0 Å². The first-order valence-electron chi connectivity index (χ1n) is 5.37. The summed E-state index contributed by atoms with van der Waals surface area (Å²) in [4.78, 5) is 0. The molecule has 1 heteroatoms. The number of aliphatic hydroxyl groups excluding tert-OH is 1. The third-order valence-corrected chi connectivity index (χ3v) is 3.83. The molecule has 0 unspecified atom stereocenters. The normalized spacial score (nSPS) is 36.8. The van der Waals surface area contributed by atoms with Crippen LogP contribution < -0.4 is 0 Å². The first kappa shape index (κ1) is 10.0. The average Bonchev–Trinajstić information content (AvgIpc) is 2.18. The first-order chi connectivity index (χ1) is 5.76. The van der Waals surface area contributed by atoms with Gasteiger partial charge in [-0.2, -0.15) is 0 Å². The lowest BCUT2D eigenvalue weighted by Gasteiger charge is -2.38. The standard InChI is InChI=1S/C11H22O/c1-3-10-5-7-11(4-2,9-12)8-6-10/h10,12H,3-9H2,1-2H3/t10-,11-. The zero-order valence-electron chi connectivity index (χ0n) is 8.47. The van der Waals surface area contributed by atoms with Gasteiger partial charge >= 0.3 is 0 Å². The maximum atomic E-state index is 9.30. The summed E-state index contributed by atoms with van der Waals surface area (Å²) in [7, 11) is 0. The Balaban J connectivity index is 2.42. The second-order valence-corrected chi connectivity index (χ2v) is 4.36. The third-order valence-electron chi connectivity index (χ3n) is 3.83. The maximum absolute atomic E-state index is 9.30. The van der Waals surface area contributed by atoms with Crippen molar-refractivity contribution >= 4 is 0 Å². The van der Waals surface area contributed by atoms with E-state index in [1.807, 2.05) is 0 Å². The highest BCUT2D eigenvalue weighted by molar-refractivity contribution is 4.83. The minimum Gasteiger partial charge on any atom is -0.396 e. The van der Waals surface area contributed by atoms with Gasteiger partial charge in [-0.1, -0.05) is 20.3 Å². The Morgan fingerprint density at radius 3 is 2.17 bits per heavy atom. The molecule has 0 amide bonds. The Labute approximate surface area is 76.2 Å². The van der Waals surface area contributed by atoms with E-state index in [1.54, 1.807) is 0 Å². The summed E-state index contributed by atoms with van der Waals surface area (Å²) < 4.78 is 0. The monoisotopic (exact) mass is 170 g/mol. The van der Waals surface area contributed by atoms with Crippen molar-refractivity contribution in [2.75, 3.05) is 6.61 Å². The van der Waals surface area contributed by atoms with Crippen LogP contribution in [0.4, 0.5) is 0 Å². The molecule has 0 heterocycles. The summed E-state index contributed by atoms with van der Waals surface area (Å²) >= 11 is 0. The fourth-order valence-corrected chi connectivity index (χ4v) is 2.32. The van der Waals surface area contributed by atoms with Gasteiger partial charge in [0.05, 0.1) is 0 Å². The summed E-state index contributed by atoms with van der Waals surface area (Å²) in [6, 6.07) is 0. The smallest absolute Gasteiger partial charge is 0.0487 e. The van der Waals surface area contributed by atoms with Crippen molar-refractivity contribution in [3.63, 3.8) is 0 Å². The predicted octanol–water partition coefficient (Wildman–Crippen LogP) is 2.98. The average molecular weight is 170 g/mol. The molecule has 72 valence electrons. The molecule has 0 aromatic carbocycles. The molecule has 0 spiro atoms. The second-order valence-electron chi connectivity index (χ2n) is 4.36. The van der Waals surface area contributed by atoms with Crippen molar-refractivity contribution in [1.29, 1.82) is 0 Å². The number of aliphatic hydroxyl groups is 1. The van der Waals surface area contributed by atoms with Crippen molar-refractivity contribution in [1.82, 2.24) is 0 Å². The van der Waals surface area contributed by atoms with Crippen LogP contribution in [0, 0.1) is 11.3 Å². The van der Waals surface area contributed by atoms with Gasteiger partial charge in [0.1, 0.15) is 0 Å². The zero-order chi connectivity index (χ0) is 9.03. The number of hydrogen-bond donors (Lipinski definition) is 1. The number of hydrogen-bond acceptors (Lipinski definition) is 1. The molecule has 0 atom stereocenters. The van der Waals surface area contributed by atoms with E-state index in [9.17, 15) is 5.11 Å². The van der Waals surface area contributed by atoms with Crippen LogP contribution in [0.25, 0.3) is 0 Å². The highest BCUT2D eigenvalue weighted by Crippen LogP contribution is 2.41. The zero-order valence-corrected chi connectivity index (χ0v) is 8.47. The molecular weight excluding hydrogens is 148 g/mol. The Morgan fingerprint density at radius 2 is 1.83 bits per heavy atom. The van der Waals surface area contributed by atoms with Crippen LogP contribution in [-0.2, 0) is 0 Å². The fraction of sp³-hybridized carbons (Fsp3) is 1.00. The van der Waals surface area contributed by atoms with E-state index in [0.29, 0.717) is 12.0 Å². The largest absolute Gasteiger partial charge is 0.396 e. The van der Waals surface area contributed by atoms with Gasteiger partial charge in [0.2, 0.25) is 0 Å². The molecule has 0 radical (unpaired) electrons. The van der Waals surface area contributed by atoms with E-state index in [0.717, 1.165) is 12.3 Å². The molecule has 0 aromatic heterocycles. The van der Waals surface area contributed by atoms with Crippen molar-refractivity contribution in [2.24, 2.45) is 11.3 Å². The molecule has 1 saturated carbocycles. The van der Waals surface area contributed by atoms with Crippen molar-refractivity contribution in [3.05, 3.63) is 0 Å². The molecule has 1 fully saturated rings. The van der Waals surface area contributed by atoms with Crippen LogP contribution >= 0.6 is 0 Å². The molecule has 1 N–H and O–H groups in total. The van der Waals surface area contributed by atoms with Crippen LogP contribution in [0.15, 0.2) is 0 Å². The van der Waals surface area contributed by atoms with E-state index < -0.39 is 0 Å².